The summed E-state index contributed by atoms with van der Waals surface area (Å²) in [7, 11) is 3.30. The Hall–Kier alpha value is -3.00. The van der Waals surface area contributed by atoms with Crippen molar-refractivity contribution in [2.45, 2.75) is 31.0 Å². The molecule has 0 unspecified atom stereocenters. The SMILES string of the molecule is COc1ccc(OC)c([C@@H]2CCCN2C(=O)CSc2nncn2-c2ccccc2C)c1. The van der Waals surface area contributed by atoms with E-state index in [0.717, 1.165) is 47.7 Å². The number of carbonyl (C=O) groups is 1. The Morgan fingerprint density at radius 3 is 2.81 bits per heavy atom. The summed E-state index contributed by atoms with van der Waals surface area (Å²) in [4.78, 5) is 15.1. The Kier molecular flexibility index (Phi) is 6.46. The zero-order valence-corrected chi connectivity index (χ0v) is 18.8. The van der Waals surface area contributed by atoms with E-state index >= 15 is 0 Å². The molecule has 4 rings (SSSR count). The third-order valence-corrected chi connectivity index (χ3v) is 6.51. The number of amides is 1. The number of para-hydroxylation sites is 1. The van der Waals surface area contributed by atoms with Gasteiger partial charge in [-0.05, 0) is 49.6 Å². The molecule has 0 saturated carbocycles. The van der Waals surface area contributed by atoms with Crippen molar-refractivity contribution in [2.75, 3.05) is 26.5 Å². The number of hydrogen-bond donors (Lipinski definition) is 0. The Labute approximate surface area is 186 Å². The van der Waals surface area contributed by atoms with E-state index in [4.69, 9.17) is 9.47 Å². The van der Waals surface area contributed by atoms with Crippen molar-refractivity contribution in [2.24, 2.45) is 0 Å². The van der Waals surface area contributed by atoms with Crippen molar-refractivity contribution < 1.29 is 14.3 Å². The van der Waals surface area contributed by atoms with Gasteiger partial charge in [0.05, 0.1) is 31.7 Å². The van der Waals surface area contributed by atoms with Crippen molar-refractivity contribution in [3.05, 3.63) is 59.9 Å². The van der Waals surface area contributed by atoms with Gasteiger partial charge in [-0.2, -0.15) is 0 Å². The smallest absolute Gasteiger partial charge is 0.233 e. The van der Waals surface area contributed by atoms with Crippen LogP contribution in [0.3, 0.4) is 0 Å². The maximum Gasteiger partial charge on any atom is 0.233 e. The number of aromatic nitrogens is 3. The Bertz CT molecular complexity index is 1070. The van der Waals surface area contributed by atoms with E-state index in [0.29, 0.717) is 10.9 Å². The van der Waals surface area contributed by atoms with Crippen LogP contribution in [-0.2, 0) is 4.79 Å². The predicted molar refractivity (Wildman–Crippen MR) is 120 cm³/mol. The van der Waals surface area contributed by atoms with Crippen LogP contribution in [0, 0.1) is 6.92 Å². The molecule has 1 saturated heterocycles. The highest BCUT2D eigenvalue weighted by Crippen LogP contribution is 2.39. The third kappa shape index (κ3) is 4.39. The van der Waals surface area contributed by atoms with Gasteiger partial charge in [0.2, 0.25) is 5.91 Å². The van der Waals surface area contributed by atoms with Crippen molar-refractivity contribution >= 4 is 17.7 Å². The van der Waals surface area contributed by atoms with Crippen LogP contribution in [0.5, 0.6) is 11.5 Å². The van der Waals surface area contributed by atoms with E-state index in [2.05, 4.69) is 10.2 Å². The molecule has 2 heterocycles. The average Bonchev–Trinajstić information content (AvgIpc) is 3.47. The van der Waals surface area contributed by atoms with Gasteiger partial charge in [0.25, 0.3) is 0 Å². The number of nitrogens with zero attached hydrogens (tertiary/aromatic N) is 4. The van der Waals surface area contributed by atoms with Gasteiger partial charge in [0.15, 0.2) is 5.16 Å². The summed E-state index contributed by atoms with van der Waals surface area (Å²) in [6.07, 6.45) is 3.55. The standard InChI is InChI=1S/C23H26N4O3S/c1-16-7-4-5-8-19(16)27-15-24-25-23(27)31-14-22(28)26-12-6-9-20(26)18-13-17(29-2)10-11-21(18)30-3/h4-5,7-8,10-11,13,15,20H,6,9,12,14H2,1-3H3/t20-/m0/s1. The van der Waals surface area contributed by atoms with Crippen LogP contribution in [0.4, 0.5) is 0 Å². The first kappa shape index (κ1) is 21.2. The minimum atomic E-state index is -0.0209. The summed E-state index contributed by atoms with van der Waals surface area (Å²) in [5.74, 6) is 1.91. The first-order chi connectivity index (χ1) is 15.1. The van der Waals surface area contributed by atoms with Gasteiger partial charge in [0, 0.05) is 12.1 Å². The van der Waals surface area contributed by atoms with Gasteiger partial charge in [-0.15, -0.1) is 10.2 Å². The maximum atomic E-state index is 13.2. The van der Waals surface area contributed by atoms with Crippen LogP contribution in [0.1, 0.15) is 30.0 Å². The van der Waals surface area contributed by atoms with Crippen LogP contribution in [-0.4, -0.2) is 52.1 Å². The number of rotatable bonds is 7. The lowest BCUT2D eigenvalue weighted by Gasteiger charge is -2.26. The monoisotopic (exact) mass is 438 g/mol. The molecule has 1 aromatic heterocycles. The summed E-state index contributed by atoms with van der Waals surface area (Å²) < 4.78 is 12.9. The molecule has 1 atom stereocenters. The molecule has 1 amide bonds. The molecule has 31 heavy (non-hydrogen) atoms. The highest BCUT2D eigenvalue weighted by Gasteiger charge is 2.32. The van der Waals surface area contributed by atoms with Gasteiger partial charge in [0.1, 0.15) is 17.8 Å². The summed E-state index contributed by atoms with van der Waals surface area (Å²) in [6, 6.07) is 13.8. The summed E-state index contributed by atoms with van der Waals surface area (Å²) in [5, 5.41) is 8.99. The zero-order chi connectivity index (χ0) is 21.8. The fraction of sp³-hybridized carbons (Fsp3) is 0.348. The Morgan fingerprint density at radius 2 is 2.03 bits per heavy atom. The summed E-state index contributed by atoms with van der Waals surface area (Å²) >= 11 is 1.41. The van der Waals surface area contributed by atoms with Gasteiger partial charge in [-0.1, -0.05) is 30.0 Å². The predicted octanol–water partition coefficient (Wildman–Crippen LogP) is 4.05. The van der Waals surface area contributed by atoms with E-state index in [1.807, 2.05) is 58.9 Å². The molecule has 7 nitrogen and oxygen atoms in total. The second-order valence-corrected chi connectivity index (χ2v) is 8.35. The molecule has 0 radical (unpaired) electrons. The Balaban J connectivity index is 1.50. The van der Waals surface area contributed by atoms with Gasteiger partial charge < -0.3 is 14.4 Å². The molecule has 0 spiro atoms. The average molecular weight is 439 g/mol. The molecule has 2 aromatic carbocycles. The quantitative estimate of drug-likeness (QED) is 0.519. The third-order valence-electron chi connectivity index (χ3n) is 5.59. The first-order valence-corrected chi connectivity index (χ1v) is 11.2. The van der Waals surface area contributed by atoms with Crippen molar-refractivity contribution in [1.29, 1.82) is 0 Å². The van der Waals surface area contributed by atoms with Crippen molar-refractivity contribution in [1.82, 2.24) is 19.7 Å². The van der Waals surface area contributed by atoms with Crippen LogP contribution < -0.4 is 9.47 Å². The number of carbonyl (C=O) groups excluding carboxylic acids is 1. The molecule has 8 heteroatoms. The summed E-state index contributed by atoms with van der Waals surface area (Å²) in [6.45, 7) is 2.78. The number of aryl methyl sites for hydroxylation is 1. The number of methoxy groups -OCH3 is 2. The molecule has 0 bridgehead atoms. The molecule has 1 aliphatic heterocycles. The number of benzene rings is 2. The lowest BCUT2D eigenvalue weighted by Crippen LogP contribution is -2.32. The van der Waals surface area contributed by atoms with E-state index in [9.17, 15) is 4.79 Å². The molecule has 3 aromatic rings. The highest BCUT2D eigenvalue weighted by molar-refractivity contribution is 7.99. The molecule has 0 N–H and O–H groups in total. The fourth-order valence-electron chi connectivity index (χ4n) is 4.02. The molecule has 162 valence electrons. The van der Waals surface area contributed by atoms with Crippen LogP contribution in [0.15, 0.2) is 53.9 Å². The van der Waals surface area contributed by atoms with Crippen molar-refractivity contribution in [3.63, 3.8) is 0 Å². The fourth-order valence-corrected chi connectivity index (χ4v) is 4.83. The van der Waals surface area contributed by atoms with E-state index in [-0.39, 0.29) is 11.9 Å². The second kappa shape index (κ2) is 9.43. The summed E-state index contributed by atoms with van der Waals surface area (Å²) in [5.41, 5.74) is 3.13. The Morgan fingerprint density at radius 1 is 1.19 bits per heavy atom. The minimum Gasteiger partial charge on any atom is -0.497 e. The van der Waals surface area contributed by atoms with E-state index in [1.165, 1.54) is 11.8 Å². The van der Waals surface area contributed by atoms with Crippen LogP contribution in [0.25, 0.3) is 5.69 Å². The highest BCUT2D eigenvalue weighted by atomic mass is 32.2. The van der Waals surface area contributed by atoms with Crippen molar-refractivity contribution in [3.8, 4) is 17.2 Å². The number of hydrogen-bond acceptors (Lipinski definition) is 6. The van der Waals surface area contributed by atoms with E-state index in [1.54, 1.807) is 20.5 Å². The number of likely N-dealkylation sites (tertiary alicyclic amines) is 1. The van der Waals surface area contributed by atoms with Crippen LogP contribution >= 0.6 is 11.8 Å². The van der Waals surface area contributed by atoms with Gasteiger partial charge in [-0.25, -0.2) is 0 Å². The number of thioether (sulfide) groups is 1. The largest absolute Gasteiger partial charge is 0.497 e. The first-order valence-electron chi connectivity index (χ1n) is 10.2. The minimum absolute atomic E-state index is 0.0209. The maximum absolute atomic E-state index is 13.2. The van der Waals surface area contributed by atoms with Crippen LogP contribution in [0.2, 0.25) is 0 Å². The molecule has 1 fully saturated rings. The lowest BCUT2D eigenvalue weighted by atomic mass is 10.0. The lowest BCUT2D eigenvalue weighted by molar-refractivity contribution is -0.129. The normalized spacial score (nSPS) is 15.8. The molecular weight excluding hydrogens is 412 g/mol. The molecular formula is C23H26N4O3S. The molecule has 1 aliphatic rings. The second-order valence-electron chi connectivity index (χ2n) is 7.41. The van der Waals surface area contributed by atoms with E-state index < -0.39 is 0 Å². The topological polar surface area (TPSA) is 69.5 Å². The number of ether oxygens (including phenoxy) is 2. The van der Waals surface area contributed by atoms with Gasteiger partial charge in [-0.3, -0.25) is 9.36 Å². The molecule has 0 aliphatic carbocycles. The zero-order valence-electron chi connectivity index (χ0n) is 17.9. The van der Waals surface area contributed by atoms with Gasteiger partial charge >= 0.3 is 0 Å².